The zero-order chi connectivity index (χ0) is 55.6. The van der Waals surface area contributed by atoms with Crippen molar-refractivity contribution in [3.63, 3.8) is 0 Å². The Kier molecular flexibility index (Phi) is 31.5. The molecule has 0 amide bonds. The normalized spacial score (nSPS) is 15.3. The zero-order valence-electron chi connectivity index (χ0n) is 46.8. The summed E-state index contributed by atoms with van der Waals surface area (Å²) in [7, 11) is 0. The number of carboxylic acid groups (broad SMARTS) is 2. The van der Waals surface area contributed by atoms with Gasteiger partial charge in [-0.15, -0.1) is 0 Å². The first-order chi connectivity index (χ1) is 32.2. The predicted molar refractivity (Wildman–Crippen MR) is 277 cm³/mol. The van der Waals surface area contributed by atoms with Gasteiger partial charge in [-0.1, -0.05) is 140 Å². The van der Waals surface area contributed by atoms with Crippen LogP contribution in [0.3, 0.4) is 0 Å². The lowest BCUT2D eigenvalue weighted by molar-refractivity contribution is -0.156. The molecular formula is C56H98O15. The second kappa shape index (κ2) is 32.3. The average molecular weight is 1010 g/mol. The summed E-state index contributed by atoms with van der Waals surface area (Å²) < 4.78 is 25.2. The van der Waals surface area contributed by atoms with Crippen molar-refractivity contribution < 1.29 is 72.9 Å². The number of esters is 4. The second-order valence-electron chi connectivity index (χ2n) is 25.4. The first-order valence-corrected chi connectivity index (χ1v) is 25.1. The number of cyclic esters (lactones) is 2. The van der Waals surface area contributed by atoms with Crippen LogP contribution < -0.4 is 0 Å². The van der Waals surface area contributed by atoms with Crippen LogP contribution in [0.5, 0.6) is 0 Å². The van der Waals surface area contributed by atoms with Crippen LogP contribution in [0.25, 0.3) is 0 Å². The van der Waals surface area contributed by atoms with Crippen LogP contribution >= 0.6 is 0 Å². The number of allylic oxidation sites excluding steroid dienone is 3. The van der Waals surface area contributed by atoms with E-state index in [1.54, 1.807) is 0 Å². The van der Waals surface area contributed by atoms with E-state index in [2.05, 4.69) is 133 Å². The number of rotatable bonds is 31. The van der Waals surface area contributed by atoms with Crippen molar-refractivity contribution in [1.82, 2.24) is 0 Å². The lowest BCUT2D eigenvalue weighted by Gasteiger charge is -2.33. The number of hydrogen-bond donors (Lipinski definition) is 4. The lowest BCUT2D eigenvalue weighted by Crippen LogP contribution is -2.26. The summed E-state index contributed by atoms with van der Waals surface area (Å²) in [6.07, 6.45) is 5.74. The van der Waals surface area contributed by atoms with E-state index >= 15 is 0 Å². The van der Waals surface area contributed by atoms with E-state index < -0.39 is 41.7 Å². The smallest absolute Gasteiger partial charge is 0.317 e. The minimum absolute atomic E-state index is 0.0278. The van der Waals surface area contributed by atoms with Gasteiger partial charge in [0.1, 0.15) is 13.2 Å². The highest BCUT2D eigenvalue weighted by molar-refractivity contribution is 5.94. The van der Waals surface area contributed by atoms with E-state index in [0.717, 1.165) is 42.4 Å². The van der Waals surface area contributed by atoms with E-state index in [-0.39, 0.29) is 116 Å². The molecule has 0 saturated carbocycles. The molecule has 15 heteroatoms. The molecule has 0 aromatic carbocycles. The third-order valence-corrected chi connectivity index (χ3v) is 10.7. The van der Waals surface area contributed by atoms with Crippen LogP contribution in [-0.4, -0.2) is 109 Å². The first kappa shape index (κ1) is 69.2. The van der Waals surface area contributed by atoms with Crippen molar-refractivity contribution in [2.24, 2.45) is 50.2 Å². The molecule has 1 saturated heterocycles. The van der Waals surface area contributed by atoms with Crippen LogP contribution in [0.2, 0.25) is 0 Å². The second-order valence-corrected chi connectivity index (χ2v) is 25.4. The predicted octanol–water partition coefficient (Wildman–Crippen LogP) is 10.7. The molecular weight excluding hydrogens is 913 g/mol. The number of hydrogen-bond acceptors (Lipinski definition) is 13. The first-order valence-electron chi connectivity index (χ1n) is 25.1. The van der Waals surface area contributed by atoms with Crippen LogP contribution in [0.15, 0.2) is 36.5 Å². The van der Waals surface area contributed by atoms with Gasteiger partial charge in [-0.25, -0.2) is 0 Å². The van der Waals surface area contributed by atoms with Crippen molar-refractivity contribution >= 4 is 35.8 Å². The highest BCUT2D eigenvalue weighted by atomic mass is 16.6. The minimum atomic E-state index is -1.09. The molecule has 412 valence electrons. The Bertz CT molecular complexity index is 1620. The van der Waals surface area contributed by atoms with Crippen LogP contribution in [0, 0.1) is 50.2 Å². The lowest BCUT2D eigenvalue weighted by atomic mass is 9.72. The van der Waals surface area contributed by atoms with Gasteiger partial charge >= 0.3 is 35.8 Å². The number of carbonyl (C=O) groups is 6. The Morgan fingerprint density at radius 1 is 0.535 bits per heavy atom. The van der Waals surface area contributed by atoms with E-state index in [4.69, 9.17) is 24.4 Å². The molecule has 0 radical (unpaired) electrons. The highest BCUT2D eigenvalue weighted by Crippen LogP contribution is 2.41. The number of carboxylic acids is 2. The molecule has 3 unspecified atom stereocenters. The molecule has 4 N–H and O–H groups in total. The number of aliphatic carboxylic acids is 2. The SMILES string of the molecule is C=C(CC(CC(=O)O)C(=O)OCCOCCOC(=O)C(CC(=C)CC(C)(C)CC(C)(C)C)CC(=O)O)CC(C)(C)CC(C)(C)C.C=C(CC1CC(=O)OC1=O)CC(C)(C)CC(C)(C)C.OCCOCCO. The molecule has 0 bridgehead atoms. The third-order valence-electron chi connectivity index (χ3n) is 10.7. The minimum Gasteiger partial charge on any atom is -0.481 e. The molecule has 0 aromatic rings. The summed E-state index contributed by atoms with van der Waals surface area (Å²) in [5.74, 6) is -6.22. The Morgan fingerprint density at radius 2 is 0.859 bits per heavy atom. The molecule has 0 aliphatic carbocycles. The van der Waals surface area contributed by atoms with Gasteiger partial charge in [0.05, 0.1) is 76.7 Å². The molecule has 1 fully saturated rings. The summed E-state index contributed by atoms with van der Waals surface area (Å²) in [6.45, 7) is 45.6. The van der Waals surface area contributed by atoms with Crippen molar-refractivity contribution in [3.05, 3.63) is 36.5 Å². The highest BCUT2D eigenvalue weighted by Gasteiger charge is 2.35. The molecule has 0 aromatic heterocycles. The van der Waals surface area contributed by atoms with E-state index in [1.807, 2.05) is 0 Å². The van der Waals surface area contributed by atoms with Crippen LogP contribution in [0.1, 0.15) is 181 Å². The van der Waals surface area contributed by atoms with Gasteiger partial charge in [0, 0.05) is 0 Å². The largest absolute Gasteiger partial charge is 0.481 e. The standard InChI is InChI=1S/C36H62O9.C16H26O3.C4H10O3/c1-25(21-35(9,10)23-33(3,4)5)17-27(19-29(37)38)31(41)44-15-13-43-14-16-45-32(42)28(20-30(39)40)18-26(2)22-36(11,12)24-34(6,7)8;1-11(7-12-8-13(17)19-14(12)18)9-16(5,6)10-15(2,3)4;5-1-3-7-4-2-6/h27-28H,1-2,13-24H2,3-12H3,(H,37,38)(H,39,40);12H,1,7-10H2,2-6H3;5-6H,1-4H2. The topological polar surface area (TPSA) is 229 Å². The molecule has 15 nitrogen and oxygen atoms in total. The summed E-state index contributed by atoms with van der Waals surface area (Å²) in [6, 6.07) is 0. The number of ether oxygens (including phenoxy) is 5. The van der Waals surface area contributed by atoms with E-state index in [1.165, 1.54) is 0 Å². The number of aliphatic hydroxyl groups is 2. The molecule has 1 aliphatic rings. The Balaban J connectivity index is 0. The fourth-order valence-corrected chi connectivity index (χ4v) is 10.3. The quantitative estimate of drug-likeness (QED) is 0.0166. The van der Waals surface area contributed by atoms with E-state index in [0.29, 0.717) is 32.5 Å². The summed E-state index contributed by atoms with van der Waals surface area (Å²) in [5.41, 5.74) is 3.23. The van der Waals surface area contributed by atoms with E-state index in [9.17, 15) is 39.0 Å². The van der Waals surface area contributed by atoms with Crippen molar-refractivity contribution in [3.8, 4) is 0 Å². The van der Waals surface area contributed by atoms with Gasteiger partial charge in [0.25, 0.3) is 0 Å². The van der Waals surface area contributed by atoms with Gasteiger partial charge in [-0.2, -0.15) is 0 Å². The average Bonchev–Trinajstić information content (AvgIpc) is 3.45. The maximum Gasteiger partial charge on any atom is 0.317 e. The Morgan fingerprint density at radius 3 is 1.14 bits per heavy atom. The molecule has 1 aliphatic heterocycles. The zero-order valence-corrected chi connectivity index (χ0v) is 46.8. The van der Waals surface area contributed by atoms with Crippen molar-refractivity contribution in [2.45, 2.75) is 181 Å². The molecule has 0 spiro atoms. The Labute approximate surface area is 427 Å². The van der Waals surface area contributed by atoms with Crippen LogP contribution in [0.4, 0.5) is 0 Å². The monoisotopic (exact) mass is 1010 g/mol. The molecule has 3 atom stereocenters. The molecule has 1 rings (SSSR count). The summed E-state index contributed by atoms with van der Waals surface area (Å²) >= 11 is 0. The van der Waals surface area contributed by atoms with Crippen molar-refractivity contribution in [2.75, 3.05) is 52.9 Å². The summed E-state index contributed by atoms with van der Waals surface area (Å²) in [4.78, 5) is 70.7. The molecule has 71 heavy (non-hydrogen) atoms. The van der Waals surface area contributed by atoms with Gasteiger partial charge in [0.15, 0.2) is 0 Å². The van der Waals surface area contributed by atoms with Crippen molar-refractivity contribution in [1.29, 1.82) is 0 Å². The number of carbonyl (C=O) groups excluding carboxylic acids is 4. The molecule has 1 heterocycles. The van der Waals surface area contributed by atoms with Gasteiger partial charge in [0.2, 0.25) is 0 Å². The van der Waals surface area contributed by atoms with Gasteiger partial charge in [-0.3, -0.25) is 28.8 Å². The summed E-state index contributed by atoms with van der Waals surface area (Å²) in [5, 5.41) is 34.8. The van der Waals surface area contributed by atoms with Gasteiger partial charge < -0.3 is 44.1 Å². The fraction of sp³-hybridized carbons (Fsp3) is 0.786. The van der Waals surface area contributed by atoms with Crippen LogP contribution in [-0.2, 0) is 52.5 Å². The maximum absolute atomic E-state index is 12.7. The third kappa shape index (κ3) is 39.3. The number of aliphatic hydroxyl groups excluding tert-OH is 2. The maximum atomic E-state index is 12.7. The fourth-order valence-electron chi connectivity index (χ4n) is 10.3. The van der Waals surface area contributed by atoms with Gasteiger partial charge in [-0.05, 0) is 90.3 Å². The Hall–Kier alpha value is -3.92.